The van der Waals surface area contributed by atoms with E-state index in [0.29, 0.717) is 5.95 Å². The molecule has 0 saturated heterocycles. The van der Waals surface area contributed by atoms with E-state index in [1.807, 2.05) is 29.8 Å². The molecule has 0 aliphatic heterocycles. The summed E-state index contributed by atoms with van der Waals surface area (Å²) in [4.78, 5) is 8.93. The fourth-order valence-electron chi connectivity index (χ4n) is 2.68. The summed E-state index contributed by atoms with van der Waals surface area (Å²) in [5, 5.41) is 0. The lowest BCUT2D eigenvalue weighted by molar-refractivity contribution is 0.522. The number of nitrogens with zero attached hydrogens (tertiary/aromatic N) is 3. The van der Waals surface area contributed by atoms with Gasteiger partial charge < -0.3 is 5.73 Å². The molecule has 1 atom stereocenters. The first-order chi connectivity index (χ1) is 10.1. The Kier molecular flexibility index (Phi) is 3.60. The van der Waals surface area contributed by atoms with Crippen LogP contribution in [0.3, 0.4) is 0 Å². The van der Waals surface area contributed by atoms with Crippen LogP contribution in [0.4, 0.5) is 5.95 Å². The van der Waals surface area contributed by atoms with Gasteiger partial charge in [0, 0.05) is 12.2 Å². The number of anilines is 1. The zero-order valence-corrected chi connectivity index (χ0v) is 12.5. The van der Waals surface area contributed by atoms with E-state index in [0.717, 1.165) is 29.6 Å². The maximum Gasteiger partial charge on any atom is 0.202 e. The zero-order chi connectivity index (χ0) is 14.8. The maximum atomic E-state index is 6.09. The van der Waals surface area contributed by atoms with Gasteiger partial charge in [-0.1, -0.05) is 30.3 Å². The Balaban J connectivity index is 1.84. The number of fused-ring (bicyclic) bond motifs is 1. The van der Waals surface area contributed by atoms with Gasteiger partial charge in [0.15, 0.2) is 5.65 Å². The van der Waals surface area contributed by atoms with Gasteiger partial charge >= 0.3 is 0 Å². The zero-order valence-electron chi connectivity index (χ0n) is 12.5. The smallest absolute Gasteiger partial charge is 0.202 e. The van der Waals surface area contributed by atoms with Crippen molar-refractivity contribution in [3.8, 4) is 0 Å². The normalized spacial score (nSPS) is 12.7. The molecule has 0 radical (unpaired) electrons. The highest BCUT2D eigenvalue weighted by atomic mass is 15.2. The molecule has 0 bridgehead atoms. The predicted molar refractivity (Wildman–Crippen MR) is 86.2 cm³/mol. The van der Waals surface area contributed by atoms with Crippen LogP contribution in [-0.4, -0.2) is 14.5 Å². The minimum absolute atomic E-state index is 0.269. The van der Waals surface area contributed by atoms with E-state index in [4.69, 9.17) is 5.73 Å². The van der Waals surface area contributed by atoms with E-state index in [2.05, 4.69) is 41.2 Å². The van der Waals surface area contributed by atoms with Gasteiger partial charge in [0.1, 0.15) is 5.52 Å². The Bertz CT molecular complexity index is 746. The quantitative estimate of drug-likeness (QED) is 0.795. The van der Waals surface area contributed by atoms with Crippen LogP contribution < -0.4 is 5.73 Å². The van der Waals surface area contributed by atoms with E-state index < -0.39 is 0 Å². The van der Waals surface area contributed by atoms with Gasteiger partial charge in [0.05, 0.1) is 0 Å². The number of nitrogen functional groups attached to an aromatic ring is 1. The van der Waals surface area contributed by atoms with Crippen LogP contribution >= 0.6 is 0 Å². The minimum Gasteiger partial charge on any atom is -0.369 e. The summed E-state index contributed by atoms with van der Waals surface area (Å²) in [5.74, 6) is 0.545. The fourth-order valence-corrected chi connectivity index (χ4v) is 2.68. The van der Waals surface area contributed by atoms with Crippen molar-refractivity contribution in [1.29, 1.82) is 0 Å². The fraction of sp³-hybridized carbons (Fsp3) is 0.294. The second kappa shape index (κ2) is 5.56. The third kappa shape index (κ3) is 2.75. The number of aromatic nitrogens is 3. The van der Waals surface area contributed by atoms with E-state index in [1.54, 1.807) is 0 Å². The van der Waals surface area contributed by atoms with Gasteiger partial charge in [-0.05, 0) is 43.9 Å². The van der Waals surface area contributed by atoms with Gasteiger partial charge in [-0.3, -0.25) is 4.57 Å². The Morgan fingerprint density at radius 2 is 2.00 bits per heavy atom. The first kappa shape index (κ1) is 13.6. The average Bonchev–Trinajstić information content (AvgIpc) is 2.81. The topological polar surface area (TPSA) is 56.7 Å². The Labute approximate surface area is 124 Å². The lowest BCUT2D eigenvalue weighted by Crippen LogP contribution is -2.10. The lowest BCUT2D eigenvalue weighted by atomic mass is 10.1. The molecule has 0 aliphatic rings. The molecule has 2 aromatic heterocycles. The molecule has 4 nitrogen and oxygen atoms in total. The molecular weight excluding hydrogens is 260 g/mol. The second-order valence-electron chi connectivity index (χ2n) is 5.57. The van der Waals surface area contributed by atoms with Crippen LogP contribution in [0.25, 0.3) is 11.2 Å². The molecule has 0 aliphatic carbocycles. The molecule has 21 heavy (non-hydrogen) atoms. The third-order valence-corrected chi connectivity index (χ3v) is 3.83. The molecule has 1 unspecified atom stereocenters. The summed E-state index contributed by atoms with van der Waals surface area (Å²) < 4.78 is 2.04. The van der Waals surface area contributed by atoms with Crippen LogP contribution in [0.15, 0.2) is 42.6 Å². The Morgan fingerprint density at radius 3 is 2.76 bits per heavy atom. The van der Waals surface area contributed by atoms with E-state index >= 15 is 0 Å². The Morgan fingerprint density at radius 1 is 1.24 bits per heavy atom. The van der Waals surface area contributed by atoms with Crippen molar-refractivity contribution in [3.63, 3.8) is 0 Å². The number of pyridine rings is 1. The molecule has 2 N–H and O–H groups in total. The van der Waals surface area contributed by atoms with Gasteiger partial charge in [-0.25, -0.2) is 9.97 Å². The highest BCUT2D eigenvalue weighted by Gasteiger charge is 2.15. The van der Waals surface area contributed by atoms with Crippen molar-refractivity contribution in [2.24, 2.45) is 0 Å². The van der Waals surface area contributed by atoms with E-state index in [1.165, 1.54) is 5.56 Å². The van der Waals surface area contributed by atoms with Crippen LogP contribution in [0.5, 0.6) is 0 Å². The van der Waals surface area contributed by atoms with Crippen LogP contribution in [0, 0.1) is 6.92 Å². The highest BCUT2D eigenvalue weighted by molar-refractivity contribution is 5.74. The van der Waals surface area contributed by atoms with Crippen molar-refractivity contribution in [2.45, 2.75) is 32.7 Å². The predicted octanol–water partition coefficient (Wildman–Crippen LogP) is 3.52. The number of hydrogen-bond acceptors (Lipinski definition) is 3. The number of rotatable bonds is 4. The monoisotopic (exact) mass is 280 g/mol. The number of aryl methyl sites for hydroxylation is 2. The number of hydrogen-bond donors (Lipinski definition) is 1. The van der Waals surface area contributed by atoms with Crippen LogP contribution in [0.1, 0.15) is 30.5 Å². The molecule has 2 heterocycles. The highest BCUT2D eigenvalue weighted by Crippen LogP contribution is 2.24. The first-order valence-electron chi connectivity index (χ1n) is 7.29. The summed E-state index contributed by atoms with van der Waals surface area (Å²) in [6, 6.07) is 12.8. The van der Waals surface area contributed by atoms with Gasteiger partial charge in [0.2, 0.25) is 5.95 Å². The third-order valence-electron chi connectivity index (χ3n) is 3.83. The first-order valence-corrected chi connectivity index (χ1v) is 7.29. The largest absolute Gasteiger partial charge is 0.369 e. The second-order valence-corrected chi connectivity index (χ2v) is 5.57. The number of nitrogens with two attached hydrogens (primary N) is 1. The van der Waals surface area contributed by atoms with Crippen molar-refractivity contribution >= 4 is 17.1 Å². The van der Waals surface area contributed by atoms with Crippen LogP contribution in [0.2, 0.25) is 0 Å². The summed E-state index contributed by atoms with van der Waals surface area (Å²) in [5.41, 5.74) is 10.3. The van der Waals surface area contributed by atoms with Gasteiger partial charge in [-0.15, -0.1) is 0 Å². The van der Waals surface area contributed by atoms with Crippen molar-refractivity contribution in [2.75, 3.05) is 5.73 Å². The van der Waals surface area contributed by atoms with Crippen molar-refractivity contribution in [1.82, 2.24) is 14.5 Å². The van der Waals surface area contributed by atoms with E-state index in [9.17, 15) is 0 Å². The average molecular weight is 280 g/mol. The molecule has 3 aromatic rings. The number of benzene rings is 1. The van der Waals surface area contributed by atoms with Gasteiger partial charge in [-0.2, -0.15) is 0 Å². The SMILES string of the molecule is Cc1cnc2c(c1)nc(N)n2C(C)CCc1ccccc1. The molecule has 3 rings (SSSR count). The van der Waals surface area contributed by atoms with Gasteiger partial charge in [0.25, 0.3) is 0 Å². The summed E-state index contributed by atoms with van der Waals surface area (Å²) in [7, 11) is 0. The molecule has 4 heteroatoms. The van der Waals surface area contributed by atoms with Crippen LogP contribution in [-0.2, 0) is 6.42 Å². The summed E-state index contributed by atoms with van der Waals surface area (Å²) in [6.07, 6.45) is 3.89. The number of imidazole rings is 1. The minimum atomic E-state index is 0.269. The molecule has 1 aromatic carbocycles. The standard InChI is InChI=1S/C17H20N4/c1-12-10-15-16(19-11-12)21(17(18)20-15)13(2)8-9-14-6-4-3-5-7-14/h3-7,10-11,13H,8-9H2,1-2H3,(H2,18,20). The Hall–Kier alpha value is -2.36. The van der Waals surface area contributed by atoms with Crippen molar-refractivity contribution < 1.29 is 0 Å². The molecule has 0 spiro atoms. The summed E-state index contributed by atoms with van der Waals surface area (Å²) in [6.45, 7) is 4.18. The lowest BCUT2D eigenvalue weighted by Gasteiger charge is -2.15. The molecule has 0 fully saturated rings. The molecule has 0 saturated carbocycles. The molecule has 108 valence electrons. The van der Waals surface area contributed by atoms with Crippen molar-refractivity contribution in [3.05, 3.63) is 53.7 Å². The maximum absolute atomic E-state index is 6.09. The molecular formula is C17H20N4. The molecule has 0 amide bonds. The van der Waals surface area contributed by atoms with E-state index in [-0.39, 0.29) is 6.04 Å². The summed E-state index contributed by atoms with van der Waals surface area (Å²) >= 11 is 0.